The fraction of sp³-hybridized carbons (Fsp3) is 0.167. The molecule has 0 aliphatic carbocycles. The lowest BCUT2D eigenvalue weighted by molar-refractivity contribution is -0.384. The van der Waals surface area contributed by atoms with Crippen molar-refractivity contribution in [3.05, 3.63) is 76.1 Å². The van der Waals surface area contributed by atoms with Gasteiger partial charge in [-0.15, -0.1) is 0 Å². The number of rotatable bonds is 6. The number of alkyl halides is 3. The van der Waals surface area contributed by atoms with Crippen molar-refractivity contribution in [1.82, 2.24) is 9.55 Å². The number of nitrogens with one attached hydrogen (secondary N) is 1. The first-order valence-corrected chi connectivity index (χ1v) is 10.0. The molecule has 0 aliphatic heterocycles. The zero-order valence-electron chi connectivity index (χ0n) is 15.7. The smallest absolute Gasteiger partial charge is 0.375 e. The van der Waals surface area contributed by atoms with Crippen LogP contribution in [0.2, 0.25) is 0 Å². The number of benzene rings is 2. The van der Waals surface area contributed by atoms with E-state index in [2.05, 4.69) is 10.3 Å². The van der Waals surface area contributed by atoms with Gasteiger partial charge in [-0.2, -0.15) is 13.2 Å². The number of sulfone groups is 1. The van der Waals surface area contributed by atoms with Crippen LogP contribution in [-0.2, 0) is 16.4 Å². The summed E-state index contributed by atoms with van der Waals surface area (Å²) in [4.78, 5) is 13.0. The van der Waals surface area contributed by atoms with Crippen molar-refractivity contribution in [2.24, 2.45) is 0 Å². The standard InChI is InChI=1S/C18H14F4N4O4S/c1-11-23-6-7-25(11)16-5-2-12(8-14(16)19)10-24-15-4-3-13(9-17(15)26(27)28)31(29,30)18(20,21)22/h2-9,24H,10H2,1H3. The molecule has 164 valence electrons. The summed E-state index contributed by atoms with van der Waals surface area (Å²) < 4.78 is 77.1. The molecular weight excluding hydrogens is 444 g/mol. The van der Waals surface area contributed by atoms with Crippen LogP contribution in [0.5, 0.6) is 0 Å². The van der Waals surface area contributed by atoms with Gasteiger partial charge in [0.05, 0.1) is 15.5 Å². The largest absolute Gasteiger partial charge is 0.501 e. The van der Waals surface area contributed by atoms with Crippen molar-refractivity contribution in [3.63, 3.8) is 0 Å². The second kappa shape index (κ2) is 7.98. The Hall–Kier alpha value is -3.48. The Balaban J connectivity index is 1.86. The summed E-state index contributed by atoms with van der Waals surface area (Å²) in [5.74, 6) is -0.0178. The van der Waals surface area contributed by atoms with E-state index in [0.717, 1.165) is 6.07 Å². The summed E-state index contributed by atoms with van der Waals surface area (Å²) in [6.45, 7) is 1.59. The molecule has 0 spiro atoms. The highest BCUT2D eigenvalue weighted by Gasteiger charge is 2.47. The summed E-state index contributed by atoms with van der Waals surface area (Å²) in [5, 5.41) is 13.9. The molecule has 0 saturated carbocycles. The van der Waals surface area contributed by atoms with Crippen molar-refractivity contribution >= 4 is 21.2 Å². The van der Waals surface area contributed by atoms with E-state index < -0.39 is 36.7 Å². The quantitative estimate of drug-likeness (QED) is 0.338. The van der Waals surface area contributed by atoms with Crippen molar-refractivity contribution in [2.45, 2.75) is 23.9 Å². The van der Waals surface area contributed by atoms with Crippen LogP contribution in [-0.4, -0.2) is 28.4 Å². The molecule has 0 amide bonds. The number of aryl methyl sites for hydroxylation is 1. The number of hydrogen-bond acceptors (Lipinski definition) is 6. The van der Waals surface area contributed by atoms with Crippen LogP contribution in [0, 0.1) is 22.9 Å². The van der Waals surface area contributed by atoms with Gasteiger partial charge in [-0.1, -0.05) is 6.07 Å². The van der Waals surface area contributed by atoms with E-state index in [4.69, 9.17) is 0 Å². The monoisotopic (exact) mass is 458 g/mol. The molecule has 3 aromatic rings. The molecule has 31 heavy (non-hydrogen) atoms. The Morgan fingerprint density at radius 1 is 1.19 bits per heavy atom. The molecule has 0 saturated heterocycles. The summed E-state index contributed by atoms with van der Waals surface area (Å²) in [6.07, 6.45) is 3.08. The molecule has 0 aliphatic rings. The lowest BCUT2D eigenvalue weighted by Gasteiger charge is -2.12. The first-order valence-electron chi connectivity index (χ1n) is 8.54. The SMILES string of the molecule is Cc1nccn1-c1ccc(CNc2ccc(S(=O)(=O)C(F)(F)F)cc2[N+](=O)[O-])cc1F. The zero-order chi connectivity index (χ0) is 23.0. The number of nitrogens with zero attached hydrogens (tertiary/aromatic N) is 3. The molecular formula is C18H14F4N4O4S. The third-order valence-corrected chi connectivity index (χ3v) is 5.85. The average Bonchev–Trinajstić information content (AvgIpc) is 3.11. The maximum atomic E-state index is 14.5. The van der Waals surface area contributed by atoms with Gasteiger partial charge < -0.3 is 9.88 Å². The molecule has 1 aromatic heterocycles. The van der Waals surface area contributed by atoms with Crippen LogP contribution >= 0.6 is 0 Å². The van der Waals surface area contributed by atoms with Crippen molar-refractivity contribution < 1.29 is 30.9 Å². The number of nitro benzene ring substituents is 1. The van der Waals surface area contributed by atoms with Crippen LogP contribution in [0.3, 0.4) is 0 Å². The van der Waals surface area contributed by atoms with E-state index in [0.29, 0.717) is 23.5 Å². The predicted octanol–water partition coefficient (Wildman–Crippen LogP) is 4.13. The van der Waals surface area contributed by atoms with E-state index in [1.54, 1.807) is 19.2 Å². The molecule has 0 radical (unpaired) electrons. The van der Waals surface area contributed by atoms with Crippen molar-refractivity contribution in [1.29, 1.82) is 0 Å². The van der Waals surface area contributed by atoms with Gasteiger partial charge in [-0.05, 0) is 36.8 Å². The first kappa shape index (κ1) is 22.2. The fourth-order valence-corrected chi connectivity index (χ4v) is 3.58. The second-order valence-corrected chi connectivity index (χ2v) is 8.31. The molecule has 13 heteroatoms. The maximum absolute atomic E-state index is 14.5. The highest BCUT2D eigenvalue weighted by molar-refractivity contribution is 7.92. The fourth-order valence-electron chi connectivity index (χ4n) is 2.80. The molecule has 0 fully saturated rings. The number of anilines is 1. The van der Waals surface area contributed by atoms with E-state index in [1.807, 2.05) is 0 Å². The van der Waals surface area contributed by atoms with Gasteiger partial charge >= 0.3 is 5.51 Å². The van der Waals surface area contributed by atoms with Crippen LogP contribution in [0.1, 0.15) is 11.4 Å². The molecule has 0 unspecified atom stereocenters. The van der Waals surface area contributed by atoms with Gasteiger partial charge in [0.15, 0.2) is 0 Å². The van der Waals surface area contributed by atoms with Gasteiger partial charge in [0.1, 0.15) is 17.3 Å². The summed E-state index contributed by atoms with van der Waals surface area (Å²) in [7, 11) is -5.74. The van der Waals surface area contributed by atoms with Crippen molar-refractivity contribution in [2.75, 3.05) is 5.32 Å². The lowest BCUT2D eigenvalue weighted by atomic mass is 10.1. The van der Waals surface area contributed by atoms with E-state index in [9.17, 15) is 36.1 Å². The molecule has 0 bridgehead atoms. The topological polar surface area (TPSA) is 107 Å². The highest BCUT2D eigenvalue weighted by atomic mass is 32.2. The summed E-state index contributed by atoms with van der Waals surface area (Å²) >= 11 is 0. The number of hydrogen-bond donors (Lipinski definition) is 1. The van der Waals surface area contributed by atoms with Gasteiger partial charge in [0, 0.05) is 25.0 Å². The van der Waals surface area contributed by atoms with Gasteiger partial charge in [0.25, 0.3) is 15.5 Å². The molecule has 8 nitrogen and oxygen atoms in total. The first-order chi connectivity index (χ1) is 14.4. The molecule has 3 rings (SSSR count). The van der Waals surface area contributed by atoms with Crippen LogP contribution in [0.25, 0.3) is 5.69 Å². The van der Waals surface area contributed by atoms with Crippen LogP contribution < -0.4 is 5.32 Å². The van der Waals surface area contributed by atoms with Crippen molar-refractivity contribution in [3.8, 4) is 5.69 Å². The molecule has 1 heterocycles. The summed E-state index contributed by atoms with van der Waals surface area (Å²) in [6, 6.07) is 6.03. The Morgan fingerprint density at radius 2 is 1.90 bits per heavy atom. The third kappa shape index (κ3) is 4.35. The molecule has 1 N–H and O–H groups in total. The van der Waals surface area contributed by atoms with E-state index in [-0.39, 0.29) is 17.9 Å². The zero-order valence-corrected chi connectivity index (χ0v) is 16.5. The molecule has 0 atom stereocenters. The minimum atomic E-state index is -5.74. The predicted molar refractivity (Wildman–Crippen MR) is 102 cm³/mol. The second-order valence-electron chi connectivity index (χ2n) is 6.37. The van der Waals surface area contributed by atoms with Crippen LogP contribution in [0.15, 0.2) is 53.7 Å². The molecule has 2 aromatic carbocycles. The third-order valence-electron chi connectivity index (χ3n) is 4.36. The normalized spacial score (nSPS) is 12.0. The minimum absolute atomic E-state index is 0.105. The average molecular weight is 458 g/mol. The highest BCUT2D eigenvalue weighted by Crippen LogP contribution is 2.35. The van der Waals surface area contributed by atoms with Crippen LogP contribution in [0.4, 0.5) is 28.9 Å². The Kier molecular flexibility index (Phi) is 5.72. The van der Waals surface area contributed by atoms with Gasteiger partial charge in [0.2, 0.25) is 0 Å². The summed E-state index contributed by atoms with van der Waals surface area (Å²) in [5.41, 5.74) is -6.05. The maximum Gasteiger partial charge on any atom is 0.501 e. The number of aromatic nitrogens is 2. The Bertz CT molecular complexity index is 1260. The van der Waals surface area contributed by atoms with Gasteiger partial charge in [-0.3, -0.25) is 10.1 Å². The lowest BCUT2D eigenvalue weighted by Crippen LogP contribution is -2.23. The van der Waals surface area contributed by atoms with Gasteiger partial charge in [-0.25, -0.2) is 17.8 Å². The number of imidazole rings is 1. The number of nitro groups is 1. The van der Waals surface area contributed by atoms with E-state index in [1.165, 1.54) is 22.9 Å². The Labute approximate surface area is 173 Å². The number of halogens is 4. The Morgan fingerprint density at radius 3 is 2.45 bits per heavy atom. The minimum Gasteiger partial charge on any atom is -0.375 e. The van der Waals surface area contributed by atoms with E-state index >= 15 is 0 Å².